The quantitative estimate of drug-likeness (QED) is 0.666. The minimum Gasteiger partial charge on any atom is -0.474 e. The van der Waals surface area contributed by atoms with E-state index in [0.29, 0.717) is 43.3 Å². The summed E-state index contributed by atoms with van der Waals surface area (Å²) in [6.45, 7) is 1.18. The summed E-state index contributed by atoms with van der Waals surface area (Å²) in [5.74, 6) is 0.969. The molecule has 3 aromatic heterocycles. The lowest BCUT2D eigenvalue weighted by Crippen LogP contribution is -2.42. The number of ether oxygens (including phenoxy) is 2. The van der Waals surface area contributed by atoms with E-state index in [-0.39, 0.29) is 18.0 Å². The molecular formula is C18H18N4O4S. The number of amides is 1. The summed E-state index contributed by atoms with van der Waals surface area (Å²) < 4.78 is 16.2. The Balaban J connectivity index is 1.34. The van der Waals surface area contributed by atoms with Gasteiger partial charge in [0.2, 0.25) is 5.88 Å². The van der Waals surface area contributed by atoms with Gasteiger partial charge >= 0.3 is 6.01 Å². The first kappa shape index (κ1) is 17.5. The molecule has 0 radical (unpaired) electrons. The van der Waals surface area contributed by atoms with Gasteiger partial charge in [-0.1, -0.05) is 11.2 Å². The minimum atomic E-state index is -0.122. The van der Waals surface area contributed by atoms with Gasteiger partial charge in [0.25, 0.3) is 5.91 Å². The molecule has 3 aromatic rings. The highest BCUT2D eigenvalue weighted by Gasteiger charge is 2.27. The van der Waals surface area contributed by atoms with Crippen molar-refractivity contribution in [1.29, 1.82) is 0 Å². The van der Waals surface area contributed by atoms with Gasteiger partial charge < -0.3 is 18.9 Å². The van der Waals surface area contributed by atoms with Gasteiger partial charge in [-0.2, -0.15) is 4.98 Å². The summed E-state index contributed by atoms with van der Waals surface area (Å²) in [6, 6.07) is 7.53. The number of hydrogen-bond donors (Lipinski definition) is 0. The molecule has 1 fully saturated rings. The summed E-state index contributed by atoms with van der Waals surface area (Å²) in [6.07, 6.45) is 3.02. The number of carbonyl (C=O) groups excluding carboxylic acids is 1. The van der Waals surface area contributed by atoms with E-state index in [2.05, 4.69) is 15.1 Å². The third kappa shape index (κ3) is 3.92. The van der Waals surface area contributed by atoms with Gasteiger partial charge in [-0.15, -0.1) is 11.3 Å². The first-order chi connectivity index (χ1) is 13.2. The number of methoxy groups -OCH3 is 1. The molecule has 0 spiro atoms. The van der Waals surface area contributed by atoms with Gasteiger partial charge in [0.15, 0.2) is 11.5 Å². The molecule has 0 N–H and O–H groups in total. The van der Waals surface area contributed by atoms with Crippen LogP contribution in [0.3, 0.4) is 0 Å². The molecule has 8 nitrogen and oxygen atoms in total. The fraction of sp³-hybridized carbons (Fsp3) is 0.333. The molecule has 4 rings (SSSR count). The number of nitrogens with zero attached hydrogens (tertiary/aromatic N) is 4. The van der Waals surface area contributed by atoms with Crippen LogP contribution in [0.5, 0.6) is 11.9 Å². The van der Waals surface area contributed by atoms with E-state index in [1.807, 2.05) is 17.5 Å². The second kappa shape index (κ2) is 7.75. The molecule has 4 heterocycles. The van der Waals surface area contributed by atoms with Gasteiger partial charge in [0.05, 0.1) is 12.0 Å². The van der Waals surface area contributed by atoms with Crippen LogP contribution in [0.2, 0.25) is 0 Å². The molecule has 0 saturated carbocycles. The summed E-state index contributed by atoms with van der Waals surface area (Å²) in [5, 5.41) is 5.89. The lowest BCUT2D eigenvalue weighted by atomic mass is 10.1. The minimum absolute atomic E-state index is 0.00681. The Bertz CT molecular complexity index is 904. The molecule has 0 bridgehead atoms. The van der Waals surface area contributed by atoms with Crippen LogP contribution in [-0.4, -0.2) is 52.2 Å². The van der Waals surface area contributed by atoms with Crippen molar-refractivity contribution in [2.24, 2.45) is 0 Å². The highest BCUT2D eigenvalue weighted by molar-refractivity contribution is 7.13. The van der Waals surface area contributed by atoms with Gasteiger partial charge in [0, 0.05) is 44.3 Å². The summed E-state index contributed by atoms with van der Waals surface area (Å²) in [5.41, 5.74) is 0.332. The normalized spacial score (nSPS) is 14.9. The van der Waals surface area contributed by atoms with Gasteiger partial charge in [-0.05, 0) is 11.4 Å². The molecule has 9 heteroatoms. The van der Waals surface area contributed by atoms with E-state index in [9.17, 15) is 4.79 Å². The van der Waals surface area contributed by atoms with Crippen LogP contribution in [0.1, 0.15) is 23.3 Å². The highest BCUT2D eigenvalue weighted by Crippen LogP contribution is 2.26. The fourth-order valence-electron chi connectivity index (χ4n) is 2.91. The molecule has 0 unspecified atom stereocenters. The van der Waals surface area contributed by atoms with Crippen molar-refractivity contribution >= 4 is 17.2 Å². The average Bonchev–Trinajstić information content (AvgIpc) is 3.40. The Morgan fingerprint density at radius 3 is 2.93 bits per heavy atom. The highest BCUT2D eigenvalue weighted by atomic mass is 32.1. The monoisotopic (exact) mass is 386 g/mol. The predicted octanol–water partition coefficient (Wildman–Crippen LogP) is 2.89. The van der Waals surface area contributed by atoms with E-state index < -0.39 is 0 Å². The Labute approximate surface area is 159 Å². The van der Waals surface area contributed by atoms with Crippen LogP contribution in [0.25, 0.3) is 10.6 Å². The molecule has 140 valence electrons. The number of hydrogen-bond acceptors (Lipinski definition) is 8. The SMILES string of the molecule is COc1nccc(OC2CCN(C(=O)c3cc(-c4cccs4)on3)CC2)n1. The zero-order chi connectivity index (χ0) is 18.6. The number of piperidine rings is 1. The third-order valence-corrected chi connectivity index (χ3v) is 5.18. The van der Waals surface area contributed by atoms with Crippen LogP contribution in [0.15, 0.2) is 40.4 Å². The number of carbonyl (C=O) groups is 1. The number of likely N-dealkylation sites (tertiary alicyclic amines) is 1. The van der Waals surface area contributed by atoms with Crippen LogP contribution in [-0.2, 0) is 0 Å². The van der Waals surface area contributed by atoms with E-state index >= 15 is 0 Å². The maximum Gasteiger partial charge on any atom is 0.319 e. The standard InChI is InChI=1S/C18H18N4O4S/c1-24-18-19-7-4-16(20-18)25-12-5-8-22(9-6-12)17(23)13-11-14(26-21-13)15-3-2-10-27-15/h2-4,7,10-12H,5-6,8-9H2,1H3. The lowest BCUT2D eigenvalue weighted by molar-refractivity contribution is 0.0577. The Morgan fingerprint density at radius 1 is 1.33 bits per heavy atom. The average molecular weight is 386 g/mol. The molecule has 0 atom stereocenters. The topological polar surface area (TPSA) is 90.6 Å². The molecule has 1 amide bonds. The van der Waals surface area contributed by atoms with E-state index in [0.717, 1.165) is 4.88 Å². The second-order valence-electron chi connectivity index (χ2n) is 6.04. The largest absolute Gasteiger partial charge is 0.474 e. The van der Waals surface area contributed by atoms with Gasteiger partial charge in [-0.25, -0.2) is 4.98 Å². The van der Waals surface area contributed by atoms with Gasteiger partial charge in [0.1, 0.15) is 6.10 Å². The second-order valence-corrected chi connectivity index (χ2v) is 6.99. The molecule has 1 aliphatic rings. The van der Waals surface area contributed by atoms with Crippen molar-refractivity contribution in [2.75, 3.05) is 20.2 Å². The Hall–Kier alpha value is -2.94. The fourth-order valence-corrected chi connectivity index (χ4v) is 3.58. The maximum atomic E-state index is 12.7. The maximum absolute atomic E-state index is 12.7. The summed E-state index contributed by atoms with van der Waals surface area (Å²) in [4.78, 5) is 23.5. The zero-order valence-corrected chi connectivity index (χ0v) is 15.5. The van der Waals surface area contributed by atoms with E-state index in [1.54, 1.807) is 34.6 Å². The molecule has 27 heavy (non-hydrogen) atoms. The van der Waals surface area contributed by atoms with Gasteiger partial charge in [-0.3, -0.25) is 4.79 Å². The molecule has 1 aliphatic heterocycles. The van der Waals surface area contributed by atoms with E-state index in [1.165, 1.54) is 7.11 Å². The van der Waals surface area contributed by atoms with Crippen LogP contribution >= 0.6 is 11.3 Å². The van der Waals surface area contributed by atoms with Crippen molar-refractivity contribution in [1.82, 2.24) is 20.0 Å². The van der Waals surface area contributed by atoms with Crippen molar-refractivity contribution in [3.05, 3.63) is 41.5 Å². The van der Waals surface area contributed by atoms with Crippen molar-refractivity contribution in [3.8, 4) is 22.5 Å². The lowest BCUT2D eigenvalue weighted by Gasteiger charge is -2.31. The van der Waals surface area contributed by atoms with Crippen molar-refractivity contribution in [2.45, 2.75) is 18.9 Å². The molecule has 0 aliphatic carbocycles. The summed E-state index contributed by atoms with van der Waals surface area (Å²) >= 11 is 1.55. The first-order valence-corrected chi connectivity index (χ1v) is 9.44. The molecular weight excluding hydrogens is 368 g/mol. The number of thiophene rings is 1. The van der Waals surface area contributed by atoms with Crippen LogP contribution in [0, 0.1) is 0 Å². The van der Waals surface area contributed by atoms with Crippen molar-refractivity contribution < 1.29 is 18.8 Å². The Morgan fingerprint density at radius 2 is 2.19 bits per heavy atom. The van der Waals surface area contributed by atoms with Crippen LogP contribution < -0.4 is 9.47 Å². The predicted molar refractivity (Wildman–Crippen MR) is 98.0 cm³/mol. The van der Waals surface area contributed by atoms with E-state index in [4.69, 9.17) is 14.0 Å². The smallest absolute Gasteiger partial charge is 0.319 e. The number of rotatable bonds is 5. The zero-order valence-electron chi connectivity index (χ0n) is 14.7. The molecule has 1 saturated heterocycles. The molecule has 0 aromatic carbocycles. The van der Waals surface area contributed by atoms with Crippen molar-refractivity contribution in [3.63, 3.8) is 0 Å². The Kier molecular flexibility index (Phi) is 5.01. The number of aromatic nitrogens is 3. The first-order valence-electron chi connectivity index (χ1n) is 8.56. The summed E-state index contributed by atoms with van der Waals surface area (Å²) in [7, 11) is 1.51. The third-order valence-electron chi connectivity index (χ3n) is 4.30. The van der Waals surface area contributed by atoms with Crippen LogP contribution in [0.4, 0.5) is 0 Å².